The van der Waals surface area contributed by atoms with Gasteiger partial charge in [-0.3, -0.25) is 9.78 Å². The predicted octanol–water partition coefficient (Wildman–Crippen LogP) is 2.59. The van der Waals surface area contributed by atoms with E-state index in [1.165, 1.54) is 5.56 Å². The molecule has 1 atom stereocenters. The van der Waals surface area contributed by atoms with Crippen molar-refractivity contribution in [2.24, 2.45) is 0 Å². The van der Waals surface area contributed by atoms with Crippen molar-refractivity contribution in [1.29, 1.82) is 0 Å². The van der Waals surface area contributed by atoms with Crippen LogP contribution in [0, 0.1) is 0 Å². The summed E-state index contributed by atoms with van der Waals surface area (Å²) in [5.41, 5.74) is 3.05. The molecular formula is C20H16N6O2. The molecule has 8 nitrogen and oxygen atoms in total. The Kier molecular flexibility index (Phi) is 3.93. The molecule has 0 spiro atoms. The molecule has 138 valence electrons. The number of nitrogens with zero attached hydrogens (tertiary/aromatic N) is 4. The molecule has 0 saturated carbocycles. The summed E-state index contributed by atoms with van der Waals surface area (Å²) in [6.45, 7) is 0.564. The second kappa shape index (κ2) is 6.73. The molecule has 4 aromatic rings. The van der Waals surface area contributed by atoms with Crippen molar-refractivity contribution < 1.29 is 9.32 Å². The van der Waals surface area contributed by atoms with Crippen LogP contribution in [0.5, 0.6) is 0 Å². The highest BCUT2D eigenvalue weighted by Crippen LogP contribution is 2.27. The molecule has 1 aromatic carbocycles. The summed E-state index contributed by atoms with van der Waals surface area (Å²) >= 11 is 0. The molecule has 1 aliphatic rings. The van der Waals surface area contributed by atoms with Crippen molar-refractivity contribution in [2.45, 2.75) is 12.3 Å². The number of H-pyrrole nitrogens is 1. The Balaban J connectivity index is 1.47. The summed E-state index contributed by atoms with van der Waals surface area (Å²) in [5.74, 6) is 0.991. The first-order chi connectivity index (χ1) is 13.8. The highest BCUT2D eigenvalue weighted by atomic mass is 16.5. The van der Waals surface area contributed by atoms with Gasteiger partial charge in [-0.05, 0) is 24.1 Å². The van der Waals surface area contributed by atoms with Gasteiger partial charge < -0.3 is 14.8 Å². The maximum atomic E-state index is 12.5. The number of carbonyl (C=O) groups is 1. The van der Waals surface area contributed by atoms with Gasteiger partial charge in [-0.1, -0.05) is 35.5 Å². The van der Waals surface area contributed by atoms with Crippen LogP contribution < -0.4 is 5.32 Å². The zero-order valence-electron chi connectivity index (χ0n) is 14.8. The summed E-state index contributed by atoms with van der Waals surface area (Å²) in [6.07, 6.45) is 3.99. The Morgan fingerprint density at radius 1 is 1.07 bits per heavy atom. The number of pyridine rings is 1. The molecule has 1 unspecified atom stereocenters. The van der Waals surface area contributed by atoms with Gasteiger partial charge in [-0.15, -0.1) is 0 Å². The third-order valence-corrected chi connectivity index (χ3v) is 4.77. The first-order valence-corrected chi connectivity index (χ1v) is 8.94. The number of carbonyl (C=O) groups excluding carboxylic acids is 1. The van der Waals surface area contributed by atoms with Gasteiger partial charge in [0.05, 0.1) is 0 Å². The van der Waals surface area contributed by atoms with E-state index in [0.29, 0.717) is 30.3 Å². The number of rotatable bonds is 3. The lowest BCUT2D eigenvalue weighted by Crippen LogP contribution is -2.26. The van der Waals surface area contributed by atoms with E-state index < -0.39 is 0 Å². The Bertz CT molecular complexity index is 1120. The quantitative estimate of drug-likeness (QED) is 0.572. The molecule has 0 aliphatic carbocycles. The molecule has 3 aromatic heterocycles. The van der Waals surface area contributed by atoms with Crippen LogP contribution in [0.2, 0.25) is 0 Å². The van der Waals surface area contributed by atoms with Gasteiger partial charge in [-0.2, -0.15) is 4.98 Å². The van der Waals surface area contributed by atoms with Gasteiger partial charge in [0.1, 0.15) is 5.69 Å². The Hall–Kier alpha value is -3.81. The Morgan fingerprint density at radius 2 is 1.96 bits per heavy atom. The first kappa shape index (κ1) is 16.4. The second-order valence-corrected chi connectivity index (χ2v) is 6.60. The maximum Gasteiger partial charge on any atom is 0.294 e. The minimum Gasteiger partial charge on any atom is -0.350 e. The fourth-order valence-corrected chi connectivity index (χ4v) is 3.36. The Labute approximate surface area is 160 Å². The topological polar surface area (TPSA) is 110 Å². The van der Waals surface area contributed by atoms with E-state index in [-0.39, 0.29) is 17.7 Å². The van der Waals surface area contributed by atoms with Crippen LogP contribution >= 0.6 is 0 Å². The van der Waals surface area contributed by atoms with Crippen LogP contribution in [0.15, 0.2) is 59.4 Å². The number of hydrogen-bond acceptors (Lipinski definition) is 6. The van der Waals surface area contributed by atoms with Crippen LogP contribution in [-0.4, -0.2) is 37.5 Å². The van der Waals surface area contributed by atoms with Crippen molar-refractivity contribution >= 4 is 5.91 Å². The molecule has 0 bridgehead atoms. The van der Waals surface area contributed by atoms with E-state index in [4.69, 9.17) is 4.52 Å². The molecule has 0 radical (unpaired) electrons. The average molecular weight is 372 g/mol. The zero-order valence-corrected chi connectivity index (χ0v) is 14.8. The number of amides is 1. The zero-order chi connectivity index (χ0) is 18.9. The van der Waals surface area contributed by atoms with Crippen molar-refractivity contribution in [3.05, 3.63) is 71.8 Å². The number of aromatic nitrogens is 5. The number of nitrogens with one attached hydrogen (secondary N) is 2. The molecule has 0 saturated heterocycles. The minimum atomic E-state index is -0.206. The molecule has 4 heterocycles. The lowest BCUT2D eigenvalue weighted by Gasteiger charge is -2.14. The van der Waals surface area contributed by atoms with Gasteiger partial charge >= 0.3 is 0 Å². The minimum absolute atomic E-state index is 0.160. The van der Waals surface area contributed by atoms with E-state index in [2.05, 4.69) is 42.5 Å². The van der Waals surface area contributed by atoms with E-state index in [1.807, 2.05) is 24.3 Å². The summed E-state index contributed by atoms with van der Waals surface area (Å²) < 4.78 is 5.35. The normalized spacial score (nSPS) is 16.3. The van der Waals surface area contributed by atoms with Gasteiger partial charge in [0.25, 0.3) is 11.8 Å². The van der Waals surface area contributed by atoms with E-state index in [1.54, 1.807) is 18.5 Å². The van der Waals surface area contributed by atoms with Gasteiger partial charge in [0, 0.05) is 36.1 Å². The largest absolute Gasteiger partial charge is 0.350 e. The van der Waals surface area contributed by atoms with Gasteiger partial charge in [0.15, 0.2) is 5.82 Å². The van der Waals surface area contributed by atoms with E-state index in [9.17, 15) is 4.79 Å². The highest BCUT2D eigenvalue weighted by Gasteiger charge is 2.27. The van der Waals surface area contributed by atoms with Crippen molar-refractivity contribution in [3.8, 4) is 23.1 Å². The molecular weight excluding hydrogens is 356 g/mol. The Morgan fingerprint density at radius 3 is 2.79 bits per heavy atom. The van der Waals surface area contributed by atoms with Crippen molar-refractivity contribution in [1.82, 2.24) is 30.4 Å². The lowest BCUT2D eigenvalue weighted by atomic mass is 9.94. The van der Waals surface area contributed by atoms with Crippen LogP contribution in [0.3, 0.4) is 0 Å². The number of imidazole rings is 1. The third kappa shape index (κ3) is 2.94. The standard InChI is InChI=1S/C20H16N6O2/c27-19-16-15(9-14(11-22-19)12-5-2-1-3-6-12)23-18(24-16)20-25-17(26-28-20)13-7-4-8-21-10-13/h1-8,10,14H,9,11H2,(H,22,27)(H,23,24). The fourth-order valence-electron chi connectivity index (χ4n) is 3.36. The van der Waals surface area contributed by atoms with Crippen LogP contribution in [-0.2, 0) is 6.42 Å². The first-order valence-electron chi connectivity index (χ1n) is 8.94. The molecule has 2 N–H and O–H groups in total. The summed E-state index contributed by atoms with van der Waals surface area (Å²) in [5, 5.41) is 6.93. The molecule has 1 aliphatic heterocycles. The molecule has 0 fully saturated rings. The third-order valence-electron chi connectivity index (χ3n) is 4.77. The van der Waals surface area contributed by atoms with Crippen LogP contribution in [0.4, 0.5) is 0 Å². The second-order valence-electron chi connectivity index (χ2n) is 6.60. The molecule has 8 heteroatoms. The van der Waals surface area contributed by atoms with E-state index >= 15 is 0 Å². The highest BCUT2D eigenvalue weighted by molar-refractivity contribution is 5.94. The van der Waals surface area contributed by atoms with Gasteiger partial charge in [0.2, 0.25) is 5.82 Å². The average Bonchev–Trinajstić information content (AvgIpc) is 3.37. The maximum absolute atomic E-state index is 12.5. The SMILES string of the molecule is O=C1NCC(c2ccccc2)Cc2[nH]c(-c3nc(-c4cccnc4)no3)nc21. The van der Waals surface area contributed by atoms with Crippen LogP contribution in [0.25, 0.3) is 23.1 Å². The molecule has 1 amide bonds. The predicted molar refractivity (Wildman–Crippen MR) is 100 cm³/mol. The number of fused-ring (bicyclic) bond motifs is 1. The molecule has 5 rings (SSSR count). The lowest BCUT2D eigenvalue weighted by molar-refractivity contribution is 0.0950. The molecule has 28 heavy (non-hydrogen) atoms. The fraction of sp³-hybridized carbons (Fsp3) is 0.150. The summed E-state index contributed by atoms with van der Waals surface area (Å²) in [7, 11) is 0. The van der Waals surface area contributed by atoms with Crippen molar-refractivity contribution in [2.75, 3.05) is 6.54 Å². The van der Waals surface area contributed by atoms with E-state index in [0.717, 1.165) is 11.3 Å². The monoisotopic (exact) mass is 372 g/mol. The van der Waals surface area contributed by atoms with Crippen molar-refractivity contribution in [3.63, 3.8) is 0 Å². The summed E-state index contributed by atoms with van der Waals surface area (Å²) in [6, 6.07) is 13.8. The number of aromatic amines is 1. The van der Waals surface area contributed by atoms with Gasteiger partial charge in [-0.25, -0.2) is 4.98 Å². The van der Waals surface area contributed by atoms with Crippen LogP contribution in [0.1, 0.15) is 27.7 Å². The number of benzene rings is 1. The summed E-state index contributed by atoms with van der Waals surface area (Å²) in [4.78, 5) is 28.5. The smallest absolute Gasteiger partial charge is 0.294 e. The number of hydrogen-bond donors (Lipinski definition) is 2.